The van der Waals surface area contributed by atoms with Crippen molar-refractivity contribution in [1.82, 2.24) is 41.6 Å². The summed E-state index contributed by atoms with van der Waals surface area (Å²) in [6.07, 6.45) is 4.90. The number of hydrazine groups is 1. The summed E-state index contributed by atoms with van der Waals surface area (Å²) in [5.74, 6) is -0.787. The van der Waals surface area contributed by atoms with Gasteiger partial charge in [-0.25, -0.2) is 10.2 Å². The molecule has 5 amide bonds. The van der Waals surface area contributed by atoms with E-state index in [0.717, 1.165) is 45.6 Å². The van der Waals surface area contributed by atoms with Crippen LogP contribution in [0.3, 0.4) is 0 Å². The maximum absolute atomic E-state index is 15.1. The van der Waals surface area contributed by atoms with Crippen molar-refractivity contribution >= 4 is 108 Å². The molecule has 9 N–H and O–H groups in total. The van der Waals surface area contributed by atoms with Gasteiger partial charge in [0.05, 0.1) is 30.2 Å². The van der Waals surface area contributed by atoms with E-state index < -0.39 is 81.4 Å². The van der Waals surface area contributed by atoms with Crippen molar-refractivity contribution in [2.24, 2.45) is 23.2 Å². The number of fused-ring (bicyclic) bond motifs is 6. The number of nitrogens with one attached hydrogen (secondary N) is 6. The highest BCUT2D eigenvalue weighted by Crippen LogP contribution is 2.67. The number of carbonyl (C=O) groups is 8. The number of ether oxygens (including phenoxy) is 3. The Balaban J connectivity index is 0.806. The number of hydrogen-bond donors (Lipinski definition) is 9. The number of aliphatic hydroxyl groups is 3. The Hall–Kier alpha value is -5.52. The molecule has 2 bridgehead atoms. The van der Waals surface area contributed by atoms with Crippen molar-refractivity contribution < 1.29 is 67.9 Å². The number of ketones is 2. The molecule has 9 rings (SSSR count). The lowest BCUT2D eigenvalue weighted by Crippen LogP contribution is -2.82. The summed E-state index contributed by atoms with van der Waals surface area (Å²) in [5, 5.41) is 47.9. The van der Waals surface area contributed by atoms with Gasteiger partial charge in [0, 0.05) is 158 Å². The van der Waals surface area contributed by atoms with Crippen LogP contribution in [0.25, 0.3) is 10.9 Å². The lowest BCUT2D eigenvalue weighted by Gasteiger charge is -2.63. The number of H-pyrrole nitrogens is 1. The predicted octanol–water partition coefficient (Wildman–Crippen LogP) is 5.50. The number of likely N-dealkylation sites (N-methyl/N-ethyl adjacent to an activating group) is 1. The Morgan fingerprint density at radius 3 is 2.33 bits per heavy atom. The fraction of sp³-hybridized carbons (Fsp3) is 0.642. The first kappa shape index (κ1) is 72.7. The van der Waals surface area contributed by atoms with Crippen LogP contribution in [-0.2, 0) is 60.3 Å². The summed E-state index contributed by atoms with van der Waals surface area (Å²) in [6, 6.07) is 9.94. The van der Waals surface area contributed by atoms with Crippen LogP contribution in [0.15, 0.2) is 48.6 Å². The number of piperidine rings is 1. The molecule has 3 aromatic rings. The highest BCUT2D eigenvalue weighted by Gasteiger charge is 2.79. The van der Waals surface area contributed by atoms with Crippen molar-refractivity contribution in [2.45, 2.75) is 152 Å². The molecule has 1 aliphatic carbocycles. The van der Waals surface area contributed by atoms with E-state index in [0.29, 0.717) is 106 Å². The number of hydrogen-bond acceptors (Lipinski definition) is 21. The van der Waals surface area contributed by atoms with Crippen LogP contribution in [0.5, 0.6) is 5.75 Å². The fourth-order valence-electron chi connectivity index (χ4n) is 16.2. The van der Waals surface area contributed by atoms with Crippen molar-refractivity contribution in [2.75, 3.05) is 101 Å². The number of nitrogens with zero attached hydrogens (tertiary/aromatic N) is 3. The van der Waals surface area contributed by atoms with E-state index in [-0.39, 0.29) is 74.9 Å². The largest absolute Gasteiger partial charge is 0.496 e. The Morgan fingerprint density at radius 2 is 1.59 bits per heavy atom. The van der Waals surface area contributed by atoms with E-state index in [2.05, 4.69) is 59.8 Å². The molecule has 6 heterocycles. The van der Waals surface area contributed by atoms with Gasteiger partial charge in [-0.2, -0.15) is 0 Å². The van der Waals surface area contributed by atoms with Crippen LogP contribution >= 0.6 is 43.2 Å². The van der Waals surface area contributed by atoms with E-state index in [9.17, 15) is 48.9 Å². The average Bonchev–Trinajstić information content (AvgIpc) is 1.45. The van der Waals surface area contributed by atoms with Crippen LogP contribution < -0.4 is 36.4 Å². The molecule has 23 nitrogen and oxygen atoms in total. The molecular formula is C67H95N9O14S4. The van der Waals surface area contributed by atoms with E-state index in [1.54, 1.807) is 49.5 Å². The number of amides is 5. The first-order chi connectivity index (χ1) is 45.0. The van der Waals surface area contributed by atoms with Gasteiger partial charge in [0.1, 0.15) is 30.9 Å². The van der Waals surface area contributed by atoms with Crippen molar-refractivity contribution in [3.8, 4) is 5.75 Å². The van der Waals surface area contributed by atoms with Crippen LogP contribution in [0, 0.1) is 23.2 Å². The molecule has 2 saturated heterocycles. The second-order valence-corrected chi connectivity index (χ2v) is 32.0. The molecule has 6 aliphatic rings. The summed E-state index contributed by atoms with van der Waals surface area (Å²) in [4.78, 5) is 115. The minimum atomic E-state index is -2.56. The third kappa shape index (κ3) is 14.7. The van der Waals surface area contributed by atoms with Gasteiger partial charge in [-0.15, -0.1) is 0 Å². The molecule has 94 heavy (non-hydrogen) atoms. The van der Waals surface area contributed by atoms with Gasteiger partial charge in [0.2, 0.25) is 17.7 Å². The number of benzene rings is 2. The third-order valence-corrected chi connectivity index (χ3v) is 25.4. The summed E-state index contributed by atoms with van der Waals surface area (Å²) in [6.45, 7) is 14.6. The van der Waals surface area contributed by atoms with Crippen LogP contribution in [0.1, 0.15) is 122 Å². The molecule has 0 radical (unpaired) electrons. The topological polar surface area (TPSA) is 311 Å². The van der Waals surface area contributed by atoms with Crippen LogP contribution in [0.2, 0.25) is 0 Å². The standard InChI is InChI=1S/C67H95N9O14S4/c1-9-63(86)35-44-36-65(39-89-40-77,55-47(17-25-75(37-44)38-63)46-15-12-13-16-50(46)71-55)49-33-48-51(34-53(49)88-8)74(7)59-66(48)21-26-76-24-14-20-64(10-2,58(66)76)60(83)67(59,87)61(84)72-73-62(85)90-27-30-94-93-29-19-54(80)68-22-23-69-56(81)42(5)32-52(79)43(6)70-57(82)41(4)31-45(78)18-28-92-91-11-3/h12-16,20,33-34,40-44,58-60,71,83,86-87H,9-11,17-19,21-32,35-39H2,1-8H3,(H,68,80)(H,69,81)(H,70,82)(H,72,84)(H,73,85)/t41-,42-,43+,44?,58+,59-,60-,63+,64-,65+,66-,67-/m1/s1. The normalized spacial score (nSPS) is 28.3. The number of methoxy groups -OCH3 is 1. The summed E-state index contributed by atoms with van der Waals surface area (Å²) in [7, 11) is 9.48. The predicted molar refractivity (Wildman–Crippen MR) is 367 cm³/mol. The number of anilines is 1. The monoisotopic (exact) mass is 1380 g/mol. The lowest BCUT2D eigenvalue weighted by atomic mass is 9.47. The Bertz CT molecular complexity index is 3310. The van der Waals surface area contributed by atoms with Crippen molar-refractivity contribution in [3.63, 3.8) is 0 Å². The maximum atomic E-state index is 15.1. The first-order valence-electron chi connectivity index (χ1n) is 33.0. The number of aromatic nitrogens is 1. The zero-order valence-corrected chi connectivity index (χ0v) is 58.6. The van der Waals surface area contributed by atoms with E-state index >= 15 is 4.79 Å². The Kier molecular flexibility index (Phi) is 24.3. The zero-order chi connectivity index (χ0) is 67.8. The van der Waals surface area contributed by atoms with Gasteiger partial charge in [-0.05, 0) is 81.2 Å². The minimum Gasteiger partial charge on any atom is -0.496 e. The molecule has 1 aromatic heterocycles. The molecule has 2 unspecified atom stereocenters. The van der Waals surface area contributed by atoms with E-state index in [4.69, 9.17) is 14.2 Å². The van der Waals surface area contributed by atoms with Crippen LogP contribution in [0.4, 0.5) is 10.5 Å². The zero-order valence-electron chi connectivity index (χ0n) is 55.3. The van der Waals surface area contributed by atoms with E-state index in [1.807, 2.05) is 63.1 Å². The molecular weight excluding hydrogens is 1280 g/mol. The lowest BCUT2D eigenvalue weighted by molar-refractivity contribution is -0.204. The van der Waals surface area contributed by atoms with Crippen molar-refractivity contribution in [1.29, 1.82) is 0 Å². The molecule has 5 aliphatic heterocycles. The summed E-state index contributed by atoms with van der Waals surface area (Å²) in [5.41, 5.74) is 3.22. The number of Topliss-reactive ketones (excluding diaryl/α,β-unsaturated/α-hetero) is 2. The molecule has 27 heteroatoms. The smallest absolute Gasteiger partial charge is 0.426 e. The average molecular weight is 1380 g/mol. The summed E-state index contributed by atoms with van der Waals surface area (Å²) < 4.78 is 17.9. The number of carbonyl (C=O) groups excluding carboxylic acids is 8. The molecule has 2 aromatic carbocycles. The SMILES string of the molecule is CCSSCCC(=O)C[C@@H](C)C(=O)N[C@@H](C)C(=O)C[C@@H](C)C(=O)NCCNC(=O)CCSSCCOC(=O)NNC(=O)[C@]1(O)[C@H](O)[C@]2(CC)C=CCN3CC[C@@]4(c5cc([C@@]6(COC=O)CC7CN(CCc8c6[nH]c6ccccc86)C[C@](O)(CC)C7)c(OC)cc5N(C)[C@@H]14)[C@@H]32. The van der Waals surface area contributed by atoms with Crippen LogP contribution in [-0.4, -0.2) is 209 Å². The third-order valence-electron chi connectivity index (χ3n) is 20.6. The van der Waals surface area contributed by atoms with Gasteiger partial charge in [-0.3, -0.25) is 48.8 Å². The molecule has 1 saturated carbocycles. The number of aliphatic hydroxyl groups excluding tert-OH is 1. The molecule has 516 valence electrons. The molecule has 1 spiro atoms. The number of rotatable bonds is 31. The number of para-hydroxylation sites is 1. The quantitative estimate of drug-likeness (QED) is 0.0126. The van der Waals surface area contributed by atoms with Crippen molar-refractivity contribution in [3.05, 3.63) is 70.9 Å². The minimum absolute atomic E-state index is 0.00882. The van der Waals surface area contributed by atoms with Gasteiger partial charge >= 0.3 is 6.09 Å². The van der Waals surface area contributed by atoms with E-state index in [1.165, 1.54) is 21.6 Å². The molecule has 3 fully saturated rings. The van der Waals surface area contributed by atoms with Gasteiger partial charge in [0.15, 0.2) is 11.4 Å². The fourth-order valence-corrected chi connectivity index (χ4v) is 19.8. The second kappa shape index (κ2) is 31.3. The highest BCUT2D eigenvalue weighted by atomic mass is 33.1. The van der Waals surface area contributed by atoms with Gasteiger partial charge in [0.25, 0.3) is 12.4 Å². The number of aromatic amines is 1. The Labute approximate surface area is 566 Å². The highest BCUT2D eigenvalue weighted by molar-refractivity contribution is 8.77. The van der Waals surface area contributed by atoms with Gasteiger partial charge in [-0.1, -0.05) is 108 Å². The van der Waals surface area contributed by atoms with Gasteiger partial charge < -0.3 is 55.4 Å². The second-order valence-electron chi connectivity index (χ2n) is 26.4. The Morgan fingerprint density at radius 1 is 0.851 bits per heavy atom. The first-order valence-corrected chi connectivity index (χ1v) is 38.0. The maximum Gasteiger partial charge on any atom is 0.426 e. The summed E-state index contributed by atoms with van der Waals surface area (Å²) >= 11 is 0. The molecule has 13 atom stereocenters.